The minimum absolute atomic E-state index is 0.0405. The van der Waals surface area contributed by atoms with Crippen molar-refractivity contribution in [1.82, 2.24) is 20.9 Å². The molecule has 0 aromatic heterocycles. The van der Waals surface area contributed by atoms with Gasteiger partial charge >= 0.3 is 18.4 Å². The molecule has 4 fully saturated rings. The van der Waals surface area contributed by atoms with Gasteiger partial charge in [-0.25, -0.2) is 0 Å². The lowest BCUT2D eigenvalue weighted by Gasteiger charge is -2.32. The zero-order valence-electron chi connectivity index (χ0n) is 21.5. The summed E-state index contributed by atoms with van der Waals surface area (Å²) >= 11 is 0. The molecule has 40 heavy (non-hydrogen) atoms. The number of amides is 4. The standard InChI is InChI=1S/C24H30F6N4O6/c1-11-8-22(11,33-20(38)23(25,26)27)21(39)34-9-13-3-2-4-14(13)17(34)19(37)32-15(7-12-5-6-31-18(12)36)16(35)10-40-24(28,29)30/h11-15,17H,2-10H2,1H3,(H,31,36)(H,32,37)(H,33,38)/t11-,12+,13+,14+,15?,17+,22+/m1/s1. The predicted molar refractivity (Wildman–Crippen MR) is 122 cm³/mol. The molecule has 10 nitrogen and oxygen atoms in total. The molecule has 3 N–H and O–H groups in total. The zero-order chi connectivity index (χ0) is 29.6. The molecule has 0 bridgehead atoms. The van der Waals surface area contributed by atoms with Gasteiger partial charge in [-0.3, -0.25) is 28.7 Å². The van der Waals surface area contributed by atoms with Crippen molar-refractivity contribution >= 4 is 29.4 Å². The lowest BCUT2D eigenvalue weighted by Crippen LogP contribution is -2.59. The molecule has 16 heteroatoms. The van der Waals surface area contributed by atoms with Crippen LogP contribution in [0.2, 0.25) is 0 Å². The van der Waals surface area contributed by atoms with E-state index in [1.54, 1.807) is 5.32 Å². The smallest absolute Gasteiger partial charge is 0.356 e. The quantitative estimate of drug-likeness (QED) is 0.349. The van der Waals surface area contributed by atoms with Gasteiger partial charge in [0.05, 0.1) is 6.04 Å². The minimum atomic E-state index is -5.23. The van der Waals surface area contributed by atoms with E-state index in [0.717, 1.165) is 11.3 Å². The second-order valence-corrected chi connectivity index (χ2v) is 11.1. The number of carbonyl (C=O) groups excluding carboxylic acids is 5. The number of carbonyl (C=O) groups is 5. The molecule has 0 radical (unpaired) electrons. The number of ketones is 1. The fourth-order valence-corrected chi connectivity index (χ4v) is 6.27. The van der Waals surface area contributed by atoms with Crippen LogP contribution in [0.1, 0.15) is 45.4 Å². The fraction of sp³-hybridized carbons (Fsp3) is 0.792. The van der Waals surface area contributed by atoms with Gasteiger partial charge < -0.3 is 20.9 Å². The number of alkyl halides is 6. The topological polar surface area (TPSA) is 134 Å². The maximum Gasteiger partial charge on any atom is 0.522 e. The van der Waals surface area contributed by atoms with Gasteiger partial charge in [0, 0.05) is 19.0 Å². The van der Waals surface area contributed by atoms with Crippen LogP contribution in [0.5, 0.6) is 0 Å². The average Bonchev–Trinajstić information content (AvgIpc) is 3.22. The SMILES string of the molecule is C[C@@H]1C[C@@]1(NC(=O)C(F)(F)F)C(=O)N1C[C@@H]2CCC[C@@H]2[C@H]1C(=O)NC(C[C@@H]1CCNC1=O)C(=O)COC(F)(F)F. The average molecular weight is 585 g/mol. The Kier molecular flexibility index (Phi) is 8.13. The minimum Gasteiger partial charge on any atom is -0.356 e. The molecule has 1 unspecified atom stereocenters. The lowest BCUT2D eigenvalue weighted by atomic mass is 9.92. The van der Waals surface area contributed by atoms with Crippen molar-refractivity contribution in [2.24, 2.45) is 23.7 Å². The third kappa shape index (κ3) is 6.20. The molecule has 2 saturated heterocycles. The first-order valence-corrected chi connectivity index (χ1v) is 13.1. The van der Waals surface area contributed by atoms with Crippen LogP contribution < -0.4 is 16.0 Å². The van der Waals surface area contributed by atoms with Crippen molar-refractivity contribution < 1.29 is 55.1 Å². The zero-order valence-corrected chi connectivity index (χ0v) is 21.5. The van der Waals surface area contributed by atoms with Crippen LogP contribution in [0.4, 0.5) is 26.3 Å². The summed E-state index contributed by atoms with van der Waals surface area (Å²) in [4.78, 5) is 64.8. The molecule has 0 spiro atoms. The van der Waals surface area contributed by atoms with Crippen LogP contribution >= 0.6 is 0 Å². The summed E-state index contributed by atoms with van der Waals surface area (Å²) in [6.07, 6.45) is -8.56. The van der Waals surface area contributed by atoms with Gasteiger partial charge in [0.1, 0.15) is 18.2 Å². The molecular formula is C24H30F6N4O6. The lowest BCUT2D eigenvalue weighted by molar-refractivity contribution is -0.321. The van der Waals surface area contributed by atoms with E-state index in [1.165, 1.54) is 6.92 Å². The molecule has 224 valence electrons. The number of halogens is 6. The summed E-state index contributed by atoms with van der Waals surface area (Å²) in [5.74, 6) is -7.51. The Morgan fingerprint density at radius 1 is 1.12 bits per heavy atom. The molecule has 2 heterocycles. The van der Waals surface area contributed by atoms with Crippen molar-refractivity contribution in [2.75, 3.05) is 19.7 Å². The number of nitrogens with one attached hydrogen (secondary N) is 3. The second kappa shape index (κ2) is 10.8. The Balaban J connectivity index is 1.55. The predicted octanol–water partition coefficient (Wildman–Crippen LogP) is 1.19. The molecular weight excluding hydrogens is 554 g/mol. The molecule has 2 saturated carbocycles. The maximum absolute atomic E-state index is 13.6. The second-order valence-electron chi connectivity index (χ2n) is 11.1. The molecule has 4 amide bonds. The molecule has 0 aromatic rings. The highest BCUT2D eigenvalue weighted by atomic mass is 19.4. The maximum atomic E-state index is 13.6. The van der Waals surface area contributed by atoms with E-state index in [1.807, 2.05) is 0 Å². The summed E-state index contributed by atoms with van der Waals surface area (Å²) in [6, 6.07) is -2.76. The van der Waals surface area contributed by atoms with Crippen LogP contribution in [0, 0.1) is 23.7 Å². The Morgan fingerprint density at radius 2 is 1.80 bits per heavy atom. The highest BCUT2D eigenvalue weighted by Gasteiger charge is 2.64. The van der Waals surface area contributed by atoms with Crippen molar-refractivity contribution in [3.05, 3.63) is 0 Å². The highest BCUT2D eigenvalue weighted by molar-refractivity contribution is 6.00. The van der Waals surface area contributed by atoms with Gasteiger partial charge in [-0.05, 0) is 49.9 Å². The van der Waals surface area contributed by atoms with E-state index >= 15 is 0 Å². The number of rotatable bonds is 9. The highest BCUT2D eigenvalue weighted by Crippen LogP contribution is 2.49. The number of hydrogen-bond acceptors (Lipinski definition) is 6. The van der Waals surface area contributed by atoms with Crippen molar-refractivity contribution in [2.45, 2.75) is 75.6 Å². The number of nitrogens with zero attached hydrogens (tertiary/aromatic N) is 1. The van der Waals surface area contributed by atoms with Gasteiger partial charge in [0.25, 0.3) is 0 Å². The number of fused-ring (bicyclic) bond motifs is 1. The van der Waals surface area contributed by atoms with Crippen LogP contribution in [0.3, 0.4) is 0 Å². The first-order valence-electron chi connectivity index (χ1n) is 13.1. The summed E-state index contributed by atoms with van der Waals surface area (Å²) < 4.78 is 80.3. The number of ether oxygens (including phenoxy) is 1. The van der Waals surface area contributed by atoms with Crippen LogP contribution in [-0.4, -0.2) is 84.2 Å². The number of Topliss-reactive ketones (excluding diaryl/α,β-unsaturated/α-hetero) is 1. The molecule has 2 aliphatic carbocycles. The molecule has 4 rings (SSSR count). The van der Waals surface area contributed by atoms with Crippen LogP contribution in [0.15, 0.2) is 0 Å². The van der Waals surface area contributed by atoms with Gasteiger partial charge in [-0.1, -0.05) is 13.3 Å². The van der Waals surface area contributed by atoms with E-state index in [9.17, 15) is 50.3 Å². The molecule has 0 aromatic carbocycles. The van der Waals surface area contributed by atoms with Crippen molar-refractivity contribution in [3.63, 3.8) is 0 Å². The van der Waals surface area contributed by atoms with Crippen molar-refractivity contribution in [1.29, 1.82) is 0 Å². The Hall–Kier alpha value is -2.91. The monoisotopic (exact) mass is 584 g/mol. The summed E-state index contributed by atoms with van der Waals surface area (Å²) in [7, 11) is 0. The fourth-order valence-electron chi connectivity index (χ4n) is 6.27. The van der Waals surface area contributed by atoms with Crippen molar-refractivity contribution in [3.8, 4) is 0 Å². The number of hydrogen-bond donors (Lipinski definition) is 3. The van der Waals surface area contributed by atoms with Crippen LogP contribution in [0.25, 0.3) is 0 Å². The first kappa shape index (κ1) is 30.1. The first-order chi connectivity index (χ1) is 18.5. The Labute approximate surface area is 224 Å². The van der Waals surface area contributed by atoms with E-state index in [-0.39, 0.29) is 38.3 Å². The Bertz CT molecular complexity index is 1070. The van der Waals surface area contributed by atoms with E-state index in [2.05, 4.69) is 15.4 Å². The number of likely N-dealkylation sites (tertiary alicyclic amines) is 1. The van der Waals surface area contributed by atoms with Gasteiger partial charge in [-0.15, -0.1) is 13.2 Å². The molecule has 7 atom stereocenters. The van der Waals surface area contributed by atoms with Crippen LogP contribution in [-0.2, 0) is 28.7 Å². The summed E-state index contributed by atoms with van der Waals surface area (Å²) in [5, 5.41) is 6.75. The largest absolute Gasteiger partial charge is 0.522 e. The third-order valence-corrected chi connectivity index (χ3v) is 8.47. The molecule has 4 aliphatic rings. The van der Waals surface area contributed by atoms with E-state index in [0.29, 0.717) is 12.8 Å². The van der Waals surface area contributed by atoms with Gasteiger partial charge in [-0.2, -0.15) is 13.2 Å². The summed E-state index contributed by atoms with van der Waals surface area (Å²) in [5.41, 5.74) is -1.85. The van der Waals surface area contributed by atoms with Gasteiger partial charge in [0.15, 0.2) is 5.78 Å². The normalized spacial score (nSPS) is 32.3. The molecule has 2 aliphatic heterocycles. The van der Waals surface area contributed by atoms with Gasteiger partial charge in [0.2, 0.25) is 17.7 Å². The Morgan fingerprint density at radius 3 is 2.35 bits per heavy atom. The van der Waals surface area contributed by atoms with E-state index in [4.69, 9.17) is 0 Å². The third-order valence-electron chi connectivity index (χ3n) is 8.47. The van der Waals surface area contributed by atoms with E-state index < -0.39 is 83.9 Å². The summed E-state index contributed by atoms with van der Waals surface area (Å²) in [6.45, 7) is 0.406.